The van der Waals surface area contributed by atoms with E-state index in [0.717, 1.165) is 19.3 Å². The SMILES string of the molecule is CCCCCC(=O)Nc1ccc(C(=O)COC(=O)CCC(=O)c2cccs2)cc1. The van der Waals surface area contributed by atoms with Gasteiger partial charge in [0.2, 0.25) is 5.91 Å². The van der Waals surface area contributed by atoms with Crippen molar-refractivity contribution in [3.8, 4) is 0 Å². The average Bonchev–Trinajstić information content (AvgIpc) is 3.26. The fourth-order valence-corrected chi connectivity index (χ4v) is 3.27. The number of hydrogen-bond acceptors (Lipinski definition) is 6. The molecule has 1 heterocycles. The zero-order valence-corrected chi connectivity index (χ0v) is 17.3. The minimum atomic E-state index is -0.584. The van der Waals surface area contributed by atoms with Gasteiger partial charge in [-0.2, -0.15) is 0 Å². The van der Waals surface area contributed by atoms with E-state index in [9.17, 15) is 19.2 Å². The number of amides is 1. The maximum atomic E-state index is 12.2. The molecule has 0 aliphatic carbocycles. The lowest BCUT2D eigenvalue weighted by Crippen LogP contribution is -2.15. The van der Waals surface area contributed by atoms with Crippen LogP contribution >= 0.6 is 11.3 Å². The normalized spacial score (nSPS) is 10.4. The van der Waals surface area contributed by atoms with E-state index in [2.05, 4.69) is 12.2 Å². The molecule has 1 aromatic heterocycles. The first-order valence-electron chi connectivity index (χ1n) is 9.65. The average molecular weight is 416 g/mol. The molecule has 6 nitrogen and oxygen atoms in total. The molecule has 2 rings (SSSR count). The lowest BCUT2D eigenvalue weighted by Gasteiger charge is -2.07. The molecule has 0 radical (unpaired) electrons. The second kappa shape index (κ2) is 11.9. The second-order valence-electron chi connectivity index (χ2n) is 6.57. The third kappa shape index (κ3) is 7.99. The van der Waals surface area contributed by atoms with Crippen LogP contribution in [0.4, 0.5) is 5.69 Å². The van der Waals surface area contributed by atoms with E-state index >= 15 is 0 Å². The minimum absolute atomic E-state index is 0.0523. The van der Waals surface area contributed by atoms with Crippen LogP contribution in [0, 0.1) is 0 Å². The molecular formula is C22H25NO5S. The van der Waals surface area contributed by atoms with Crippen LogP contribution in [0.1, 0.15) is 65.5 Å². The van der Waals surface area contributed by atoms with Crippen molar-refractivity contribution in [2.45, 2.75) is 45.4 Å². The predicted molar refractivity (Wildman–Crippen MR) is 112 cm³/mol. The summed E-state index contributed by atoms with van der Waals surface area (Å²) in [6.07, 6.45) is 3.39. The van der Waals surface area contributed by atoms with Gasteiger partial charge in [-0.3, -0.25) is 19.2 Å². The van der Waals surface area contributed by atoms with Gasteiger partial charge in [0.1, 0.15) is 0 Å². The van der Waals surface area contributed by atoms with Gasteiger partial charge < -0.3 is 10.1 Å². The summed E-state index contributed by atoms with van der Waals surface area (Å²) in [5.74, 6) is -1.10. The number of benzene rings is 1. The van der Waals surface area contributed by atoms with E-state index < -0.39 is 5.97 Å². The maximum Gasteiger partial charge on any atom is 0.306 e. The van der Waals surface area contributed by atoms with Crippen LogP contribution in [0.15, 0.2) is 41.8 Å². The molecule has 0 aliphatic rings. The molecule has 2 aromatic rings. The number of hydrogen-bond donors (Lipinski definition) is 1. The first kappa shape index (κ1) is 22.5. The van der Waals surface area contributed by atoms with E-state index in [1.165, 1.54) is 11.3 Å². The minimum Gasteiger partial charge on any atom is -0.457 e. The molecule has 154 valence electrons. The molecule has 0 bridgehead atoms. The Bertz CT molecular complexity index is 827. The fourth-order valence-electron chi connectivity index (χ4n) is 2.58. The molecule has 1 aromatic carbocycles. The number of nitrogens with one attached hydrogen (secondary N) is 1. The number of rotatable bonds is 12. The molecule has 0 aliphatic heterocycles. The number of Topliss-reactive ketones (excluding diaryl/α,β-unsaturated/α-hetero) is 2. The maximum absolute atomic E-state index is 12.2. The Balaban J connectivity index is 1.72. The van der Waals surface area contributed by atoms with E-state index in [1.807, 2.05) is 0 Å². The topological polar surface area (TPSA) is 89.5 Å². The summed E-state index contributed by atoms with van der Waals surface area (Å²) in [6, 6.07) is 9.94. The third-order valence-electron chi connectivity index (χ3n) is 4.21. The summed E-state index contributed by atoms with van der Waals surface area (Å²) in [5.41, 5.74) is 1.00. The van der Waals surface area contributed by atoms with Crippen LogP contribution in [0.2, 0.25) is 0 Å². The molecule has 1 N–H and O–H groups in total. The molecule has 0 unspecified atom stereocenters. The highest BCUT2D eigenvalue weighted by atomic mass is 32.1. The van der Waals surface area contributed by atoms with Gasteiger partial charge in [0.05, 0.1) is 11.3 Å². The van der Waals surface area contributed by atoms with Crippen LogP contribution in [0.3, 0.4) is 0 Å². The smallest absolute Gasteiger partial charge is 0.306 e. The molecule has 0 fully saturated rings. The molecule has 0 saturated carbocycles. The number of ketones is 2. The summed E-state index contributed by atoms with van der Waals surface area (Å²) in [6.45, 7) is 1.70. The van der Waals surface area contributed by atoms with E-state index in [1.54, 1.807) is 41.8 Å². The fraction of sp³-hybridized carbons (Fsp3) is 0.364. The Morgan fingerprint density at radius 2 is 1.69 bits per heavy atom. The first-order valence-corrected chi connectivity index (χ1v) is 10.5. The summed E-state index contributed by atoms with van der Waals surface area (Å²) < 4.78 is 4.97. The van der Waals surface area contributed by atoms with E-state index in [4.69, 9.17) is 4.74 Å². The molecular weight excluding hydrogens is 390 g/mol. The first-order chi connectivity index (χ1) is 14.0. The van der Waals surface area contributed by atoms with Crippen LogP contribution in [-0.2, 0) is 14.3 Å². The van der Waals surface area contributed by atoms with Crippen molar-refractivity contribution < 1.29 is 23.9 Å². The predicted octanol–water partition coefficient (Wildman–Crippen LogP) is 4.66. The number of thiophene rings is 1. The number of anilines is 1. The van der Waals surface area contributed by atoms with Crippen LogP contribution in [-0.4, -0.2) is 30.0 Å². The van der Waals surface area contributed by atoms with Gasteiger partial charge in [-0.15, -0.1) is 11.3 Å². The van der Waals surface area contributed by atoms with Crippen LogP contribution in [0.5, 0.6) is 0 Å². The zero-order valence-electron chi connectivity index (χ0n) is 16.4. The zero-order chi connectivity index (χ0) is 21.1. The third-order valence-corrected chi connectivity index (χ3v) is 5.13. The van der Waals surface area contributed by atoms with Gasteiger partial charge >= 0.3 is 5.97 Å². The Hall–Kier alpha value is -2.80. The summed E-state index contributed by atoms with van der Waals surface area (Å²) >= 11 is 1.33. The second-order valence-corrected chi connectivity index (χ2v) is 7.51. The van der Waals surface area contributed by atoms with Crippen molar-refractivity contribution in [3.05, 3.63) is 52.2 Å². The number of carbonyl (C=O) groups is 4. The molecule has 1 amide bonds. The summed E-state index contributed by atoms with van der Waals surface area (Å²) in [4.78, 5) is 48.2. The molecule has 0 atom stereocenters. The van der Waals surface area contributed by atoms with Crippen molar-refractivity contribution in [1.29, 1.82) is 0 Å². The molecule has 0 saturated heterocycles. The van der Waals surface area contributed by atoms with Gasteiger partial charge in [-0.05, 0) is 42.1 Å². The lowest BCUT2D eigenvalue weighted by atomic mass is 10.1. The number of ether oxygens (including phenoxy) is 1. The van der Waals surface area contributed by atoms with Gasteiger partial charge in [0.15, 0.2) is 18.2 Å². The van der Waals surface area contributed by atoms with E-state index in [-0.39, 0.29) is 36.9 Å². The number of carbonyl (C=O) groups excluding carboxylic acids is 4. The van der Waals surface area contributed by atoms with E-state index in [0.29, 0.717) is 22.5 Å². The summed E-state index contributed by atoms with van der Waals surface area (Å²) in [5, 5.41) is 4.59. The van der Waals surface area contributed by atoms with Gasteiger partial charge in [0.25, 0.3) is 0 Å². The highest BCUT2D eigenvalue weighted by molar-refractivity contribution is 7.12. The highest BCUT2D eigenvalue weighted by Crippen LogP contribution is 2.14. The Labute approximate surface area is 174 Å². The summed E-state index contributed by atoms with van der Waals surface area (Å²) in [7, 11) is 0. The van der Waals surface area contributed by atoms with Crippen molar-refractivity contribution in [2.75, 3.05) is 11.9 Å². The number of esters is 1. The van der Waals surface area contributed by atoms with Crippen molar-refractivity contribution in [3.63, 3.8) is 0 Å². The standard InChI is InChI=1S/C22H25NO5S/c1-2-3-4-7-21(26)23-17-10-8-16(9-11-17)19(25)15-28-22(27)13-12-18(24)20-6-5-14-29-20/h5-6,8-11,14H,2-4,7,12-13,15H2,1H3,(H,23,26). The van der Waals surface area contributed by atoms with Crippen molar-refractivity contribution in [2.24, 2.45) is 0 Å². The monoisotopic (exact) mass is 415 g/mol. The Morgan fingerprint density at radius 1 is 0.931 bits per heavy atom. The van der Waals surface area contributed by atoms with Crippen LogP contribution < -0.4 is 5.32 Å². The Kier molecular flexibility index (Phi) is 9.24. The largest absolute Gasteiger partial charge is 0.457 e. The quantitative estimate of drug-likeness (QED) is 0.309. The van der Waals surface area contributed by atoms with Gasteiger partial charge in [-0.25, -0.2) is 0 Å². The van der Waals surface area contributed by atoms with Crippen molar-refractivity contribution >= 4 is 40.5 Å². The molecule has 7 heteroatoms. The Morgan fingerprint density at radius 3 is 2.34 bits per heavy atom. The van der Waals surface area contributed by atoms with Crippen molar-refractivity contribution in [1.82, 2.24) is 0 Å². The van der Waals surface area contributed by atoms with Crippen LogP contribution in [0.25, 0.3) is 0 Å². The molecule has 29 heavy (non-hydrogen) atoms. The lowest BCUT2D eigenvalue weighted by molar-refractivity contribution is -0.142. The molecule has 0 spiro atoms. The van der Waals surface area contributed by atoms with Gasteiger partial charge in [-0.1, -0.05) is 25.8 Å². The van der Waals surface area contributed by atoms with Gasteiger partial charge in [0, 0.05) is 24.1 Å². The highest BCUT2D eigenvalue weighted by Gasteiger charge is 2.13. The number of unbranched alkanes of at least 4 members (excludes halogenated alkanes) is 2.